The molecule has 0 aromatic heterocycles. The highest BCUT2D eigenvalue weighted by molar-refractivity contribution is 4.84. The van der Waals surface area contributed by atoms with Crippen molar-refractivity contribution in [2.75, 3.05) is 19.6 Å². The topological polar surface area (TPSA) is 15.3 Å². The second-order valence-corrected chi connectivity index (χ2v) is 6.46. The molecule has 2 heteroatoms. The summed E-state index contributed by atoms with van der Waals surface area (Å²) in [6.45, 7) is 19.6. The Morgan fingerprint density at radius 1 is 1.06 bits per heavy atom. The van der Waals surface area contributed by atoms with Crippen LogP contribution in [0.25, 0.3) is 0 Å². The van der Waals surface area contributed by atoms with Gasteiger partial charge in [-0.1, -0.05) is 34.6 Å². The third-order valence-corrected chi connectivity index (χ3v) is 3.34. The predicted molar refractivity (Wildman–Crippen MR) is 78.5 cm³/mol. The lowest BCUT2D eigenvalue weighted by Crippen LogP contribution is -2.50. The highest BCUT2D eigenvalue weighted by atomic mass is 15.2. The molecule has 1 N–H and O–H groups in total. The summed E-state index contributed by atoms with van der Waals surface area (Å²) in [7, 11) is 0. The van der Waals surface area contributed by atoms with Crippen LogP contribution in [-0.2, 0) is 0 Å². The monoisotopic (exact) mass is 242 g/mol. The van der Waals surface area contributed by atoms with Crippen LogP contribution in [0.1, 0.15) is 61.3 Å². The Kier molecular flexibility index (Phi) is 8.06. The van der Waals surface area contributed by atoms with Crippen molar-refractivity contribution in [2.24, 2.45) is 5.41 Å². The molecule has 0 spiro atoms. The maximum Gasteiger partial charge on any atom is 0.0243 e. The molecule has 0 aliphatic heterocycles. The van der Waals surface area contributed by atoms with Crippen LogP contribution in [0.4, 0.5) is 0 Å². The van der Waals surface area contributed by atoms with Gasteiger partial charge in [-0.25, -0.2) is 0 Å². The van der Waals surface area contributed by atoms with E-state index in [-0.39, 0.29) is 0 Å². The zero-order chi connectivity index (χ0) is 13.5. The Morgan fingerprint density at radius 3 is 2.00 bits per heavy atom. The Hall–Kier alpha value is -0.0800. The van der Waals surface area contributed by atoms with Crippen molar-refractivity contribution in [2.45, 2.75) is 73.4 Å². The predicted octanol–water partition coefficient (Wildman–Crippen LogP) is 3.52. The molecule has 0 amide bonds. The van der Waals surface area contributed by atoms with E-state index in [4.69, 9.17) is 0 Å². The lowest BCUT2D eigenvalue weighted by Gasteiger charge is -2.37. The van der Waals surface area contributed by atoms with Crippen LogP contribution in [0.2, 0.25) is 0 Å². The molecule has 104 valence electrons. The standard InChI is InChI=1S/C15H34N2/c1-8-10-16-14(15(5,6)7)12-17(11-9-2)13(3)4/h13-14,16H,8-12H2,1-7H3. The zero-order valence-corrected chi connectivity index (χ0v) is 13.1. The van der Waals surface area contributed by atoms with Crippen LogP contribution in [0.3, 0.4) is 0 Å². The van der Waals surface area contributed by atoms with E-state index in [0.717, 1.165) is 13.1 Å². The first-order valence-electron chi connectivity index (χ1n) is 7.30. The summed E-state index contributed by atoms with van der Waals surface area (Å²) in [5, 5.41) is 3.71. The van der Waals surface area contributed by atoms with Crippen molar-refractivity contribution in [1.82, 2.24) is 10.2 Å². The lowest BCUT2D eigenvalue weighted by atomic mass is 9.86. The summed E-state index contributed by atoms with van der Waals surface area (Å²) in [6, 6.07) is 1.22. The van der Waals surface area contributed by atoms with E-state index in [1.54, 1.807) is 0 Å². The minimum atomic E-state index is 0.329. The normalized spacial score (nSPS) is 14.6. The summed E-state index contributed by atoms with van der Waals surface area (Å²) < 4.78 is 0. The number of hydrogen-bond donors (Lipinski definition) is 1. The molecule has 0 aromatic rings. The zero-order valence-electron chi connectivity index (χ0n) is 13.1. The van der Waals surface area contributed by atoms with E-state index in [1.165, 1.54) is 19.4 Å². The summed E-state index contributed by atoms with van der Waals surface area (Å²) in [5.41, 5.74) is 0.329. The van der Waals surface area contributed by atoms with E-state index in [1.807, 2.05) is 0 Å². The van der Waals surface area contributed by atoms with Gasteiger partial charge in [0.2, 0.25) is 0 Å². The molecule has 0 radical (unpaired) electrons. The lowest BCUT2D eigenvalue weighted by molar-refractivity contribution is 0.146. The molecule has 17 heavy (non-hydrogen) atoms. The van der Waals surface area contributed by atoms with Crippen LogP contribution in [0.5, 0.6) is 0 Å². The van der Waals surface area contributed by atoms with E-state index in [0.29, 0.717) is 17.5 Å². The first kappa shape index (κ1) is 16.9. The van der Waals surface area contributed by atoms with Crippen molar-refractivity contribution in [1.29, 1.82) is 0 Å². The quantitative estimate of drug-likeness (QED) is 0.700. The molecule has 2 nitrogen and oxygen atoms in total. The van der Waals surface area contributed by atoms with Crippen LogP contribution in [-0.4, -0.2) is 36.6 Å². The van der Waals surface area contributed by atoms with Gasteiger partial charge in [-0.3, -0.25) is 4.90 Å². The minimum Gasteiger partial charge on any atom is -0.312 e. The van der Waals surface area contributed by atoms with Gasteiger partial charge in [0.05, 0.1) is 0 Å². The molecule has 0 heterocycles. The molecule has 1 unspecified atom stereocenters. The molecule has 0 aliphatic rings. The number of nitrogens with zero attached hydrogens (tertiary/aromatic N) is 1. The molecule has 0 saturated heterocycles. The molecule has 0 fully saturated rings. The fourth-order valence-electron chi connectivity index (χ4n) is 2.05. The van der Waals surface area contributed by atoms with Gasteiger partial charge in [0, 0.05) is 18.6 Å². The molecular formula is C15H34N2. The van der Waals surface area contributed by atoms with Gasteiger partial charge in [-0.05, 0) is 45.2 Å². The van der Waals surface area contributed by atoms with E-state index >= 15 is 0 Å². The van der Waals surface area contributed by atoms with Gasteiger partial charge in [-0.15, -0.1) is 0 Å². The largest absolute Gasteiger partial charge is 0.312 e. The summed E-state index contributed by atoms with van der Waals surface area (Å²) in [5.74, 6) is 0. The molecule has 0 bridgehead atoms. The summed E-state index contributed by atoms with van der Waals surface area (Å²) in [6.07, 6.45) is 2.45. The molecule has 0 aliphatic carbocycles. The van der Waals surface area contributed by atoms with Gasteiger partial charge in [0.15, 0.2) is 0 Å². The minimum absolute atomic E-state index is 0.329. The second kappa shape index (κ2) is 8.10. The third kappa shape index (κ3) is 7.05. The van der Waals surface area contributed by atoms with Gasteiger partial charge in [-0.2, -0.15) is 0 Å². The SMILES string of the molecule is CCCNC(CN(CCC)C(C)C)C(C)(C)C. The first-order chi connectivity index (χ1) is 7.82. The molecule has 0 rings (SSSR count). The average molecular weight is 242 g/mol. The van der Waals surface area contributed by atoms with E-state index < -0.39 is 0 Å². The van der Waals surface area contributed by atoms with Crippen molar-refractivity contribution in [3.8, 4) is 0 Å². The van der Waals surface area contributed by atoms with Crippen molar-refractivity contribution < 1.29 is 0 Å². The summed E-state index contributed by atoms with van der Waals surface area (Å²) in [4.78, 5) is 2.60. The van der Waals surface area contributed by atoms with E-state index in [9.17, 15) is 0 Å². The third-order valence-electron chi connectivity index (χ3n) is 3.34. The summed E-state index contributed by atoms with van der Waals surface area (Å²) >= 11 is 0. The highest BCUT2D eigenvalue weighted by Gasteiger charge is 2.26. The van der Waals surface area contributed by atoms with Gasteiger partial charge in [0.25, 0.3) is 0 Å². The Balaban J connectivity index is 4.47. The number of rotatable bonds is 8. The first-order valence-corrected chi connectivity index (χ1v) is 7.30. The van der Waals surface area contributed by atoms with Crippen molar-refractivity contribution >= 4 is 0 Å². The van der Waals surface area contributed by atoms with Crippen LogP contribution < -0.4 is 5.32 Å². The van der Waals surface area contributed by atoms with Crippen molar-refractivity contribution in [3.05, 3.63) is 0 Å². The molecule has 0 aromatic carbocycles. The van der Waals surface area contributed by atoms with Gasteiger partial charge >= 0.3 is 0 Å². The second-order valence-electron chi connectivity index (χ2n) is 6.46. The molecule has 1 atom stereocenters. The van der Waals surface area contributed by atoms with E-state index in [2.05, 4.69) is 58.7 Å². The number of nitrogens with one attached hydrogen (secondary N) is 1. The van der Waals surface area contributed by atoms with Crippen molar-refractivity contribution in [3.63, 3.8) is 0 Å². The Bertz CT molecular complexity index is 182. The van der Waals surface area contributed by atoms with Gasteiger partial charge < -0.3 is 5.32 Å². The Morgan fingerprint density at radius 2 is 1.65 bits per heavy atom. The maximum atomic E-state index is 3.71. The molecule has 0 saturated carbocycles. The number of hydrogen-bond acceptors (Lipinski definition) is 2. The van der Waals surface area contributed by atoms with Crippen LogP contribution >= 0.6 is 0 Å². The van der Waals surface area contributed by atoms with Gasteiger partial charge in [0.1, 0.15) is 0 Å². The highest BCUT2D eigenvalue weighted by Crippen LogP contribution is 2.21. The smallest absolute Gasteiger partial charge is 0.0243 e. The van der Waals surface area contributed by atoms with Crippen LogP contribution in [0.15, 0.2) is 0 Å². The fraction of sp³-hybridized carbons (Fsp3) is 1.00. The molecular weight excluding hydrogens is 208 g/mol. The van der Waals surface area contributed by atoms with Crippen LogP contribution in [0, 0.1) is 5.41 Å². The Labute approximate surface area is 109 Å². The average Bonchev–Trinajstić information content (AvgIpc) is 2.20. The maximum absolute atomic E-state index is 3.71. The fourth-order valence-corrected chi connectivity index (χ4v) is 2.05.